The maximum atomic E-state index is 10.6. The van der Waals surface area contributed by atoms with Gasteiger partial charge in [0.25, 0.3) is 0 Å². The van der Waals surface area contributed by atoms with Crippen molar-refractivity contribution in [2.24, 2.45) is 11.8 Å². The van der Waals surface area contributed by atoms with Crippen LogP contribution in [0.3, 0.4) is 0 Å². The van der Waals surface area contributed by atoms with E-state index in [4.69, 9.17) is 9.47 Å². The third-order valence-corrected chi connectivity index (χ3v) is 6.26. The number of methoxy groups -OCH3 is 1. The summed E-state index contributed by atoms with van der Waals surface area (Å²) in [6, 6.07) is 0. The number of thioether (sulfide) groups is 2. The van der Waals surface area contributed by atoms with Crippen LogP contribution >= 0.6 is 23.5 Å². The van der Waals surface area contributed by atoms with E-state index in [1.807, 2.05) is 23.5 Å². The van der Waals surface area contributed by atoms with Crippen LogP contribution in [0, 0.1) is 11.8 Å². The molecule has 6 heteroatoms. The molecular weight excluding hydrogens is 284 g/mol. The molecule has 0 unspecified atom stereocenters. The van der Waals surface area contributed by atoms with Crippen LogP contribution in [-0.2, 0) is 9.47 Å². The number of aliphatic hydroxyl groups is 2. The summed E-state index contributed by atoms with van der Waals surface area (Å²) in [6.45, 7) is 0.278. The summed E-state index contributed by atoms with van der Waals surface area (Å²) in [7, 11) is 1.62. The Kier molecular flexibility index (Phi) is 6.79. The molecule has 0 aromatic rings. The van der Waals surface area contributed by atoms with E-state index < -0.39 is 6.10 Å². The summed E-state index contributed by atoms with van der Waals surface area (Å²) in [5.74, 6) is 3.90. The topological polar surface area (TPSA) is 58.9 Å². The maximum absolute atomic E-state index is 10.6. The van der Waals surface area contributed by atoms with Gasteiger partial charge in [0.1, 0.15) is 6.79 Å². The first-order valence-electron chi connectivity index (χ1n) is 6.86. The van der Waals surface area contributed by atoms with Crippen molar-refractivity contribution in [3.05, 3.63) is 0 Å². The van der Waals surface area contributed by atoms with Crippen LogP contribution in [-0.4, -0.2) is 65.4 Å². The van der Waals surface area contributed by atoms with E-state index in [0.29, 0.717) is 0 Å². The van der Waals surface area contributed by atoms with Crippen molar-refractivity contribution >= 4 is 23.5 Å². The minimum absolute atomic E-state index is 0.0175. The first-order valence-corrected chi connectivity index (χ1v) is 9.17. The lowest BCUT2D eigenvalue weighted by Crippen LogP contribution is -2.47. The lowest BCUT2D eigenvalue weighted by Gasteiger charge is -2.40. The van der Waals surface area contributed by atoms with Gasteiger partial charge in [0, 0.05) is 30.5 Å². The standard InChI is InChI=1S/C13H24O4S2/c1-16-8-17-12-3-5-19-7-10(12)13(15)9-6-18-4-2-11(9)14/h9-15H,2-8H2,1H3/t9-,10-,11+,12-,13+/m0/s1. The molecule has 0 aromatic heterocycles. The van der Waals surface area contributed by atoms with Gasteiger partial charge in [-0.1, -0.05) is 0 Å². The number of hydrogen-bond donors (Lipinski definition) is 2. The van der Waals surface area contributed by atoms with Crippen molar-refractivity contribution in [1.29, 1.82) is 0 Å². The van der Waals surface area contributed by atoms with E-state index in [0.717, 1.165) is 35.9 Å². The Morgan fingerprint density at radius 1 is 1.16 bits per heavy atom. The zero-order valence-electron chi connectivity index (χ0n) is 11.4. The molecule has 4 nitrogen and oxygen atoms in total. The van der Waals surface area contributed by atoms with E-state index in [9.17, 15) is 10.2 Å². The van der Waals surface area contributed by atoms with Crippen LogP contribution in [0.25, 0.3) is 0 Å². The van der Waals surface area contributed by atoms with E-state index in [1.165, 1.54) is 0 Å². The van der Waals surface area contributed by atoms with E-state index in [2.05, 4.69) is 0 Å². The van der Waals surface area contributed by atoms with E-state index in [1.54, 1.807) is 7.11 Å². The fourth-order valence-electron chi connectivity index (χ4n) is 2.81. The maximum Gasteiger partial charge on any atom is 0.146 e. The SMILES string of the molecule is COCO[C@H]1CCSC[C@@H]1[C@H](O)[C@H]1CSCC[C@H]1O. The highest BCUT2D eigenvalue weighted by Crippen LogP contribution is 2.35. The monoisotopic (exact) mass is 308 g/mol. The van der Waals surface area contributed by atoms with Crippen molar-refractivity contribution in [1.82, 2.24) is 0 Å². The van der Waals surface area contributed by atoms with Crippen molar-refractivity contribution < 1.29 is 19.7 Å². The number of aliphatic hydroxyl groups excluding tert-OH is 2. The first-order chi connectivity index (χ1) is 9.24. The smallest absolute Gasteiger partial charge is 0.146 e. The second kappa shape index (κ2) is 8.10. The summed E-state index contributed by atoms with van der Waals surface area (Å²) >= 11 is 3.69. The van der Waals surface area contributed by atoms with Crippen LogP contribution in [0.1, 0.15) is 12.8 Å². The van der Waals surface area contributed by atoms with Crippen LogP contribution in [0.5, 0.6) is 0 Å². The van der Waals surface area contributed by atoms with Crippen LogP contribution in [0.4, 0.5) is 0 Å². The molecule has 0 aliphatic carbocycles. The highest BCUT2D eigenvalue weighted by Gasteiger charge is 2.39. The van der Waals surface area contributed by atoms with Crippen molar-refractivity contribution in [3.63, 3.8) is 0 Å². The normalized spacial score (nSPS) is 38.1. The summed E-state index contributed by atoms with van der Waals surface area (Å²) in [6.07, 6.45) is 0.945. The Hall–Kier alpha value is 0.540. The molecule has 2 heterocycles. The largest absolute Gasteiger partial charge is 0.393 e. The van der Waals surface area contributed by atoms with Gasteiger partial charge in [-0.05, 0) is 24.3 Å². The first kappa shape index (κ1) is 15.9. The Bertz CT molecular complexity index is 267. The molecule has 2 aliphatic rings. The molecule has 0 amide bonds. The molecule has 2 rings (SSSR count). The zero-order valence-corrected chi connectivity index (χ0v) is 13.0. The summed E-state index contributed by atoms with van der Waals surface area (Å²) in [5.41, 5.74) is 0. The predicted octanol–water partition coefficient (Wildman–Crippen LogP) is 1.20. The number of ether oxygens (including phenoxy) is 2. The third-order valence-electron chi connectivity index (χ3n) is 3.97. The van der Waals surface area contributed by atoms with Crippen molar-refractivity contribution in [3.8, 4) is 0 Å². The molecule has 2 saturated heterocycles. The minimum Gasteiger partial charge on any atom is -0.393 e. The molecule has 19 heavy (non-hydrogen) atoms. The van der Waals surface area contributed by atoms with Crippen molar-refractivity contribution in [2.45, 2.75) is 31.2 Å². The molecule has 0 spiro atoms. The van der Waals surface area contributed by atoms with E-state index >= 15 is 0 Å². The molecule has 0 aromatic carbocycles. The number of hydrogen-bond acceptors (Lipinski definition) is 6. The lowest BCUT2D eigenvalue weighted by molar-refractivity contribution is -0.119. The second-order valence-electron chi connectivity index (χ2n) is 5.22. The fraction of sp³-hybridized carbons (Fsp3) is 1.00. The molecular formula is C13H24O4S2. The number of rotatable bonds is 5. The molecule has 112 valence electrons. The van der Waals surface area contributed by atoms with Gasteiger partial charge in [-0.15, -0.1) is 0 Å². The second-order valence-corrected chi connectivity index (χ2v) is 7.52. The van der Waals surface area contributed by atoms with Crippen molar-refractivity contribution in [2.75, 3.05) is 36.9 Å². The van der Waals surface area contributed by atoms with Gasteiger partial charge in [0.2, 0.25) is 0 Å². The zero-order chi connectivity index (χ0) is 13.7. The van der Waals surface area contributed by atoms with E-state index in [-0.39, 0.29) is 30.8 Å². The molecule has 2 N–H and O–H groups in total. The van der Waals surface area contributed by atoms with Gasteiger partial charge in [-0.3, -0.25) is 0 Å². The van der Waals surface area contributed by atoms with Gasteiger partial charge in [-0.25, -0.2) is 0 Å². The highest BCUT2D eigenvalue weighted by atomic mass is 32.2. The van der Waals surface area contributed by atoms with Crippen LogP contribution < -0.4 is 0 Å². The molecule has 5 atom stereocenters. The average molecular weight is 308 g/mol. The fourth-order valence-corrected chi connectivity index (χ4v) is 5.33. The van der Waals surface area contributed by atoms with Gasteiger partial charge < -0.3 is 19.7 Å². The Balaban J connectivity index is 1.95. The average Bonchev–Trinajstić information content (AvgIpc) is 2.45. The summed E-state index contributed by atoms with van der Waals surface area (Å²) in [4.78, 5) is 0. The third kappa shape index (κ3) is 4.25. The minimum atomic E-state index is -0.475. The predicted molar refractivity (Wildman–Crippen MR) is 79.6 cm³/mol. The van der Waals surface area contributed by atoms with Gasteiger partial charge in [0.05, 0.1) is 18.3 Å². The lowest BCUT2D eigenvalue weighted by atomic mass is 9.84. The summed E-state index contributed by atoms with van der Waals surface area (Å²) < 4.78 is 10.7. The van der Waals surface area contributed by atoms with Gasteiger partial charge >= 0.3 is 0 Å². The highest BCUT2D eigenvalue weighted by molar-refractivity contribution is 7.99. The molecule has 2 fully saturated rings. The molecule has 2 aliphatic heterocycles. The quantitative estimate of drug-likeness (QED) is 0.745. The Labute approximate surface area is 123 Å². The summed E-state index contributed by atoms with van der Waals surface area (Å²) in [5, 5.41) is 20.7. The molecule has 0 bridgehead atoms. The molecule has 0 radical (unpaired) electrons. The molecule has 0 saturated carbocycles. The Morgan fingerprint density at radius 2 is 1.84 bits per heavy atom. The van der Waals surface area contributed by atoms with Gasteiger partial charge in [0.15, 0.2) is 0 Å². The Morgan fingerprint density at radius 3 is 2.53 bits per heavy atom. The van der Waals surface area contributed by atoms with Gasteiger partial charge in [-0.2, -0.15) is 23.5 Å². The van der Waals surface area contributed by atoms with Crippen LogP contribution in [0.15, 0.2) is 0 Å². The van der Waals surface area contributed by atoms with Crippen LogP contribution in [0.2, 0.25) is 0 Å².